The smallest absolute Gasteiger partial charge is 0.0702 e. The number of benzene rings is 1. The fraction of sp³-hybridized carbons (Fsp3) is 0.353. The van der Waals surface area contributed by atoms with Crippen molar-refractivity contribution in [3.8, 4) is 11.3 Å². The lowest BCUT2D eigenvalue weighted by Crippen LogP contribution is -2.28. The molecule has 2 rings (SSSR count). The second-order valence-electron chi connectivity index (χ2n) is 4.91. The predicted octanol–water partition coefficient (Wildman–Crippen LogP) is 3.00. The van der Waals surface area contributed by atoms with E-state index in [0.717, 1.165) is 30.6 Å². The Hall–Kier alpha value is -1.71. The molecule has 106 valence electrons. The normalized spacial score (nSPS) is 12.3. The van der Waals surface area contributed by atoms with Gasteiger partial charge in [0.25, 0.3) is 0 Å². The van der Waals surface area contributed by atoms with Gasteiger partial charge in [-0.25, -0.2) is 0 Å². The molecule has 0 radical (unpaired) electrons. The summed E-state index contributed by atoms with van der Waals surface area (Å²) in [4.78, 5) is 4.38. The van der Waals surface area contributed by atoms with E-state index in [-0.39, 0.29) is 6.61 Å². The summed E-state index contributed by atoms with van der Waals surface area (Å²) in [5, 5.41) is 12.5. The summed E-state index contributed by atoms with van der Waals surface area (Å²) in [6.07, 6.45) is 3.64. The number of aliphatic hydroxyl groups excluding tert-OH is 1. The third kappa shape index (κ3) is 4.15. The molecule has 3 nitrogen and oxygen atoms in total. The molecule has 0 fully saturated rings. The fourth-order valence-electron chi connectivity index (χ4n) is 2.24. The van der Waals surface area contributed by atoms with Gasteiger partial charge in [0.1, 0.15) is 0 Å². The first-order chi connectivity index (χ1) is 9.83. The number of pyridine rings is 1. The van der Waals surface area contributed by atoms with Crippen molar-refractivity contribution in [1.29, 1.82) is 0 Å². The Morgan fingerprint density at radius 1 is 1.20 bits per heavy atom. The van der Waals surface area contributed by atoms with Gasteiger partial charge in [-0.1, -0.05) is 31.2 Å². The Kier molecular flexibility index (Phi) is 5.71. The highest BCUT2D eigenvalue weighted by molar-refractivity contribution is 5.59. The zero-order valence-electron chi connectivity index (χ0n) is 11.9. The van der Waals surface area contributed by atoms with Crippen molar-refractivity contribution < 1.29 is 5.11 Å². The molecule has 1 atom stereocenters. The van der Waals surface area contributed by atoms with E-state index in [9.17, 15) is 0 Å². The maximum Gasteiger partial charge on any atom is 0.0702 e. The van der Waals surface area contributed by atoms with Gasteiger partial charge in [-0.05, 0) is 36.6 Å². The van der Waals surface area contributed by atoms with Crippen molar-refractivity contribution in [2.24, 2.45) is 0 Å². The Balaban J connectivity index is 2.03. The van der Waals surface area contributed by atoms with Gasteiger partial charge in [0, 0.05) is 31.0 Å². The first-order valence-corrected chi connectivity index (χ1v) is 7.18. The number of aromatic nitrogens is 1. The lowest BCUT2D eigenvalue weighted by Gasteiger charge is -2.16. The molecule has 0 aliphatic heterocycles. The van der Waals surface area contributed by atoms with Gasteiger partial charge in [0.2, 0.25) is 0 Å². The van der Waals surface area contributed by atoms with Gasteiger partial charge in [0.05, 0.1) is 5.69 Å². The Morgan fingerprint density at radius 3 is 2.80 bits per heavy atom. The molecule has 1 unspecified atom stereocenters. The highest BCUT2D eigenvalue weighted by atomic mass is 16.3. The fourth-order valence-corrected chi connectivity index (χ4v) is 2.24. The summed E-state index contributed by atoms with van der Waals surface area (Å²) >= 11 is 0. The number of nitrogens with one attached hydrogen (secondary N) is 1. The second-order valence-corrected chi connectivity index (χ2v) is 4.91. The molecule has 0 aliphatic rings. The predicted molar refractivity (Wildman–Crippen MR) is 82.3 cm³/mol. The van der Waals surface area contributed by atoms with Crippen LogP contribution in [0.2, 0.25) is 0 Å². The van der Waals surface area contributed by atoms with Crippen LogP contribution in [0, 0.1) is 0 Å². The number of aliphatic hydroxyl groups is 1. The van der Waals surface area contributed by atoms with Crippen LogP contribution in [-0.2, 0) is 6.54 Å². The van der Waals surface area contributed by atoms with Crippen molar-refractivity contribution >= 4 is 0 Å². The van der Waals surface area contributed by atoms with E-state index >= 15 is 0 Å². The third-order valence-electron chi connectivity index (χ3n) is 3.45. The van der Waals surface area contributed by atoms with Crippen LogP contribution in [0.25, 0.3) is 11.3 Å². The summed E-state index contributed by atoms with van der Waals surface area (Å²) < 4.78 is 0. The molecule has 2 N–H and O–H groups in total. The van der Waals surface area contributed by atoms with Crippen molar-refractivity contribution in [3.05, 3.63) is 54.2 Å². The second kappa shape index (κ2) is 7.78. The lowest BCUT2D eigenvalue weighted by atomic mass is 10.1. The van der Waals surface area contributed by atoms with E-state index in [2.05, 4.69) is 41.5 Å². The Bertz CT molecular complexity index is 513. The zero-order chi connectivity index (χ0) is 14.2. The SMILES string of the molecule is CCC(CCO)NCc1cccc(-c2ccccn2)c1. The summed E-state index contributed by atoms with van der Waals surface area (Å²) in [7, 11) is 0. The molecule has 0 saturated carbocycles. The van der Waals surface area contributed by atoms with Crippen molar-refractivity contribution in [1.82, 2.24) is 10.3 Å². The van der Waals surface area contributed by atoms with Crippen LogP contribution < -0.4 is 5.32 Å². The van der Waals surface area contributed by atoms with Gasteiger partial charge in [0.15, 0.2) is 0 Å². The summed E-state index contributed by atoms with van der Waals surface area (Å²) in [6.45, 7) is 3.19. The first-order valence-electron chi connectivity index (χ1n) is 7.18. The van der Waals surface area contributed by atoms with E-state index in [4.69, 9.17) is 5.11 Å². The molecular weight excluding hydrogens is 248 g/mol. The van der Waals surface area contributed by atoms with Crippen LogP contribution >= 0.6 is 0 Å². The minimum absolute atomic E-state index is 0.236. The van der Waals surface area contributed by atoms with Gasteiger partial charge in [-0.2, -0.15) is 0 Å². The van der Waals surface area contributed by atoms with Gasteiger partial charge < -0.3 is 10.4 Å². The maximum atomic E-state index is 9.01. The lowest BCUT2D eigenvalue weighted by molar-refractivity contribution is 0.262. The highest BCUT2D eigenvalue weighted by Gasteiger charge is 2.05. The molecule has 1 aromatic heterocycles. The molecule has 20 heavy (non-hydrogen) atoms. The van der Waals surface area contributed by atoms with Crippen LogP contribution in [-0.4, -0.2) is 22.7 Å². The molecule has 1 aromatic carbocycles. The molecule has 2 aromatic rings. The van der Waals surface area contributed by atoms with E-state index in [1.807, 2.05) is 24.4 Å². The maximum absolute atomic E-state index is 9.01. The molecule has 1 heterocycles. The quantitative estimate of drug-likeness (QED) is 0.813. The van der Waals surface area contributed by atoms with E-state index in [0.29, 0.717) is 6.04 Å². The monoisotopic (exact) mass is 270 g/mol. The topological polar surface area (TPSA) is 45.1 Å². The van der Waals surface area contributed by atoms with E-state index in [1.54, 1.807) is 0 Å². The van der Waals surface area contributed by atoms with Crippen LogP contribution in [0.15, 0.2) is 48.7 Å². The van der Waals surface area contributed by atoms with Crippen molar-refractivity contribution in [2.45, 2.75) is 32.4 Å². The number of hydrogen-bond acceptors (Lipinski definition) is 3. The third-order valence-corrected chi connectivity index (χ3v) is 3.45. The number of hydrogen-bond donors (Lipinski definition) is 2. The van der Waals surface area contributed by atoms with Crippen molar-refractivity contribution in [2.75, 3.05) is 6.61 Å². The van der Waals surface area contributed by atoms with Crippen LogP contribution in [0.1, 0.15) is 25.3 Å². The molecular formula is C17H22N2O. The van der Waals surface area contributed by atoms with E-state index < -0.39 is 0 Å². The number of rotatable bonds is 7. The van der Waals surface area contributed by atoms with E-state index in [1.165, 1.54) is 5.56 Å². The van der Waals surface area contributed by atoms with Crippen molar-refractivity contribution in [3.63, 3.8) is 0 Å². The largest absolute Gasteiger partial charge is 0.396 e. The number of nitrogens with zero attached hydrogens (tertiary/aromatic N) is 1. The van der Waals surface area contributed by atoms with Crippen LogP contribution in [0.5, 0.6) is 0 Å². The first kappa shape index (κ1) is 14.7. The van der Waals surface area contributed by atoms with Gasteiger partial charge in [-0.15, -0.1) is 0 Å². The Morgan fingerprint density at radius 2 is 2.10 bits per heavy atom. The summed E-state index contributed by atoms with van der Waals surface area (Å²) in [5.41, 5.74) is 3.38. The Labute approximate surface area is 120 Å². The molecule has 3 heteroatoms. The molecule has 0 saturated heterocycles. The standard InChI is InChI=1S/C17H22N2O/c1-2-16(9-11-20)19-13-14-6-5-7-15(12-14)17-8-3-4-10-18-17/h3-8,10,12,16,19-20H,2,9,11,13H2,1H3. The van der Waals surface area contributed by atoms with Gasteiger partial charge >= 0.3 is 0 Å². The molecule has 0 spiro atoms. The molecule has 0 aliphatic carbocycles. The molecule has 0 bridgehead atoms. The average Bonchev–Trinajstić information content (AvgIpc) is 2.52. The minimum Gasteiger partial charge on any atom is -0.396 e. The summed E-state index contributed by atoms with van der Waals surface area (Å²) in [5.74, 6) is 0. The zero-order valence-corrected chi connectivity index (χ0v) is 11.9. The average molecular weight is 270 g/mol. The highest BCUT2D eigenvalue weighted by Crippen LogP contribution is 2.17. The van der Waals surface area contributed by atoms with Crippen LogP contribution in [0.4, 0.5) is 0 Å². The van der Waals surface area contributed by atoms with Crippen LogP contribution in [0.3, 0.4) is 0 Å². The minimum atomic E-state index is 0.236. The molecule has 0 amide bonds. The van der Waals surface area contributed by atoms with Gasteiger partial charge in [-0.3, -0.25) is 4.98 Å². The summed E-state index contributed by atoms with van der Waals surface area (Å²) in [6, 6.07) is 14.8.